The number of methoxy groups -OCH3 is 1. The number of hydrogen-bond donors (Lipinski definition) is 1. The van der Waals surface area contributed by atoms with Crippen LogP contribution in [0.5, 0.6) is 0 Å². The first-order valence-corrected chi connectivity index (χ1v) is 6.23. The van der Waals surface area contributed by atoms with Gasteiger partial charge in [-0.1, -0.05) is 23.2 Å². The molecule has 1 rings (SSSR count). The highest BCUT2D eigenvalue weighted by Crippen LogP contribution is 2.22. The predicted molar refractivity (Wildman–Crippen MR) is 74.7 cm³/mol. The van der Waals surface area contributed by atoms with Gasteiger partial charge in [0.1, 0.15) is 0 Å². The number of benzene rings is 1. The molecule has 2 amide bonds. The number of nitrogens with one attached hydrogen (secondary N) is 1. The first kappa shape index (κ1) is 15.6. The Morgan fingerprint density at radius 2 is 1.84 bits per heavy atom. The molecule has 0 atom stereocenters. The van der Waals surface area contributed by atoms with Crippen LogP contribution in [-0.4, -0.2) is 37.6 Å². The summed E-state index contributed by atoms with van der Waals surface area (Å²) in [5.41, 5.74) is 0.493. The van der Waals surface area contributed by atoms with Crippen molar-refractivity contribution in [1.82, 2.24) is 4.90 Å². The van der Waals surface area contributed by atoms with Gasteiger partial charge in [0.25, 0.3) is 0 Å². The number of carbonyl (C=O) groups excluding carboxylic acids is 2. The lowest BCUT2D eigenvalue weighted by Gasteiger charge is -2.17. The van der Waals surface area contributed by atoms with E-state index in [4.69, 9.17) is 23.2 Å². The van der Waals surface area contributed by atoms with Crippen LogP contribution in [0.15, 0.2) is 18.2 Å². The smallest absolute Gasteiger partial charge is 0.321 e. The van der Waals surface area contributed by atoms with Crippen LogP contribution in [0.4, 0.5) is 10.5 Å². The maximum absolute atomic E-state index is 11.8. The lowest BCUT2D eigenvalue weighted by atomic mass is 10.3. The van der Waals surface area contributed by atoms with E-state index in [2.05, 4.69) is 10.1 Å². The highest BCUT2D eigenvalue weighted by atomic mass is 35.5. The number of urea groups is 1. The molecule has 0 spiro atoms. The summed E-state index contributed by atoms with van der Waals surface area (Å²) in [4.78, 5) is 24.2. The monoisotopic (exact) mass is 304 g/mol. The van der Waals surface area contributed by atoms with Crippen molar-refractivity contribution in [3.63, 3.8) is 0 Å². The van der Waals surface area contributed by atoms with Gasteiger partial charge in [-0.15, -0.1) is 0 Å². The fourth-order valence-corrected chi connectivity index (χ4v) is 1.83. The Morgan fingerprint density at radius 3 is 2.37 bits per heavy atom. The maximum atomic E-state index is 11.8. The third kappa shape index (κ3) is 5.36. The van der Waals surface area contributed by atoms with E-state index in [1.807, 2.05) is 0 Å². The van der Waals surface area contributed by atoms with Crippen LogP contribution < -0.4 is 5.32 Å². The average Bonchev–Trinajstić information content (AvgIpc) is 2.33. The summed E-state index contributed by atoms with van der Waals surface area (Å²) in [6, 6.07) is 4.38. The third-order valence-corrected chi connectivity index (χ3v) is 2.78. The Kier molecular flexibility index (Phi) is 5.92. The van der Waals surface area contributed by atoms with Gasteiger partial charge in [0.15, 0.2) is 0 Å². The summed E-state index contributed by atoms with van der Waals surface area (Å²) in [6.45, 7) is 0.257. The Morgan fingerprint density at radius 1 is 1.26 bits per heavy atom. The molecule has 0 unspecified atom stereocenters. The van der Waals surface area contributed by atoms with Gasteiger partial charge in [-0.3, -0.25) is 4.79 Å². The molecule has 5 nitrogen and oxygen atoms in total. The standard InChI is InChI=1S/C12H14Cl2N2O3/c1-16(4-3-11(17)19-2)12(18)15-10-6-8(13)5-9(14)7-10/h5-7H,3-4H2,1-2H3,(H,15,18). The first-order valence-electron chi connectivity index (χ1n) is 5.47. The quantitative estimate of drug-likeness (QED) is 0.870. The van der Waals surface area contributed by atoms with Crippen LogP contribution in [0.25, 0.3) is 0 Å². The molecule has 0 radical (unpaired) electrons. The number of halogens is 2. The SMILES string of the molecule is COC(=O)CCN(C)C(=O)Nc1cc(Cl)cc(Cl)c1. The van der Waals surface area contributed by atoms with Gasteiger partial charge in [0.2, 0.25) is 0 Å². The van der Waals surface area contributed by atoms with E-state index in [0.29, 0.717) is 15.7 Å². The van der Waals surface area contributed by atoms with Gasteiger partial charge >= 0.3 is 12.0 Å². The molecule has 19 heavy (non-hydrogen) atoms. The van der Waals surface area contributed by atoms with Gasteiger partial charge < -0.3 is 15.0 Å². The van der Waals surface area contributed by atoms with E-state index in [9.17, 15) is 9.59 Å². The van der Waals surface area contributed by atoms with Crippen molar-refractivity contribution in [3.8, 4) is 0 Å². The molecule has 1 N–H and O–H groups in total. The van der Waals surface area contributed by atoms with Crippen LogP contribution in [-0.2, 0) is 9.53 Å². The fourth-order valence-electron chi connectivity index (χ4n) is 1.31. The third-order valence-electron chi connectivity index (χ3n) is 2.34. The largest absolute Gasteiger partial charge is 0.469 e. The van der Waals surface area contributed by atoms with E-state index < -0.39 is 0 Å². The van der Waals surface area contributed by atoms with Crippen molar-refractivity contribution < 1.29 is 14.3 Å². The van der Waals surface area contributed by atoms with Crippen molar-refractivity contribution in [3.05, 3.63) is 28.2 Å². The lowest BCUT2D eigenvalue weighted by molar-refractivity contribution is -0.140. The number of amides is 2. The van der Waals surface area contributed by atoms with E-state index in [-0.39, 0.29) is 25.0 Å². The lowest BCUT2D eigenvalue weighted by Crippen LogP contribution is -2.33. The summed E-state index contributed by atoms with van der Waals surface area (Å²) in [7, 11) is 2.88. The molecule has 0 aliphatic rings. The molecule has 0 aromatic heterocycles. The maximum Gasteiger partial charge on any atom is 0.321 e. The van der Waals surface area contributed by atoms with Crippen LogP contribution in [0.1, 0.15) is 6.42 Å². The van der Waals surface area contributed by atoms with Gasteiger partial charge in [-0.05, 0) is 18.2 Å². The van der Waals surface area contributed by atoms with E-state index in [1.165, 1.54) is 12.0 Å². The molecule has 0 bridgehead atoms. The van der Waals surface area contributed by atoms with Crippen molar-refractivity contribution in [1.29, 1.82) is 0 Å². The zero-order chi connectivity index (χ0) is 14.4. The van der Waals surface area contributed by atoms with Gasteiger partial charge in [0, 0.05) is 29.3 Å². The highest BCUT2D eigenvalue weighted by Gasteiger charge is 2.11. The minimum atomic E-state index is -0.370. The predicted octanol–water partition coefficient (Wildman–Crippen LogP) is 3.02. The Labute approximate surface area is 121 Å². The molecular formula is C12H14Cl2N2O3. The van der Waals surface area contributed by atoms with E-state index in [0.717, 1.165) is 0 Å². The summed E-state index contributed by atoms with van der Waals surface area (Å²) in [5, 5.41) is 3.49. The van der Waals surface area contributed by atoms with Crippen LogP contribution in [0, 0.1) is 0 Å². The number of anilines is 1. The topological polar surface area (TPSA) is 58.6 Å². The zero-order valence-electron chi connectivity index (χ0n) is 10.6. The summed E-state index contributed by atoms with van der Waals surface area (Å²) < 4.78 is 4.50. The minimum Gasteiger partial charge on any atom is -0.469 e. The van der Waals surface area contributed by atoms with Crippen LogP contribution in [0.2, 0.25) is 10.0 Å². The Bertz CT molecular complexity index is 460. The van der Waals surface area contributed by atoms with Crippen molar-refractivity contribution in [2.75, 3.05) is 26.0 Å². The number of rotatable bonds is 4. The van der Waals surface area contributed by atoms with Gasteiger partial charge in [-0.25, -0.2) is 4.79 Å². The average molecular weight is 305 g/mol. The highest BCUT2D eigenvalue weighted by molar-refractivity contribution is 6.35. The molecule has 1 aromatic carbocycles. The summed E-state index contributed by atoms with van der Waals surface area (Å²) in [5.74, 6) is -0.370. The first-order chi connectivity index (χ1) is 8.92. The van der Waals surface area contributed by atoms with E-state index in [1.54, 1.807) is 25.2 Å². The number of nitrogens with zero attached hydrogens (tertiary/aromatic N) is 1. The number of ether oxygens (including phenoxy) is 1. The molecule has 0 saturated carbocycles. The summed E-state index contributed by atoms with van der Waals surface area (Å²) in [6.07, 6.45) is 0.136. The Balaban J connectivity index is 2.56. The van der Waals surface area contributed by atoms with Crippen LogP contribution in [0.3, 0.4) is 0 Å². The fraction of sp³-hybridized carbons (Fsp3) is 0.333. The normalized spacial score (nSPS) is 9.89. The van der Waals surface area contributed by atoms with Crippen LogP contribution >= 0.6 is 23.2 Å². The molecule has 7 heteroatoms. The molecule has 104 valence electrons. The van der Waals surface area contributed by atoms with Crippen molar-refractivity contribution >= 4 is 40.9 Å². The molecule has 0 saturated heterocycles. The molecule has 1 aromatic rings. The molecule has 0 heterocycles. The number of hydrogen-bond acceptors (Lipinski definition) is 3. The second-order valence-electron chi connectivity index (χ2n) is 3.84. The molecule has 0 aliphatic heterocycles. The van der Waals surface area contributed by atoms with Gasteiger partial charge in [0.05, 0.1) is 13.5 Å². The minimum absolute atomic E-state index is 0.136. The van der Waals surface area contributed by atoms with E-state index >= 15 is 0 Å². The zero-order valence-corrected chi connectivity index (χ0v) is 12.1. The number of esters is 1. The molecular weight excluding hydrogens is 291 g/mol. The van der Waals surface area contributed by atoms with Crippen molar-refractivity contribution in [2.45, 2.75) is 6.42 Å². The number of carbonyl (C=O) groups is 2. The molecule has 0 aliphatic carbocycles. The second-order valence-corrected chi connectivity index (χ2v) is 4.71. The molecule has 0 fully saturated rings. The summed E-state index contributed by atoms with van der Waals surface area (Å²) >= 11 is 11.6. The van der Waals surface area contributed by atoms with Crippen molar-refractivity contribution in [2.24, 2.45) is 0 Å². The second kappa shape index (κ2) is 7.21. The Hall–Kier alpha value is -1.46. The van der Waals surface area contributed by atoms with Gasteiger partial charge in [-0.2, -0.15) is 0 Å².